The van der Waals surface area contributed by atoms with Crippen LogP contribution in [0.1, 0.15) is 53.6 Å². The number of nitrogens with zero attached hydrogens (tertiary/aromatic N) is 2. The molecule has 3 aromatic rings. The number of anilines is 2. The van der Waals surface area contributed by atoms with Gasteiger partial charge in [0.05, 0.1) is 22.9 Å². The minimum absolute atomic E-state index is 0.0160. The van der Waals surface area contributed by atoms with Gasteiger partial charge in [0.25, 0.3) is 11.8 Å². The van der Waals surface area contributed by atoms with Crippen LogP contribution in [-0.2, 0) is 10.5 Å². The standard InChI is InChI=1S/C28H32ClN5O5S/c1-28(2,3)39-27(37)31-13-6-14-38-22-15-18(17-40-4)8-10-20(22)25(35)33-21-7-5-12-30-24(21)26(36)34-23-11-9-19(29)16-32-23/h5,7-12,15-16H,6,13-14,17H2,1-4H3,(H,31,37)(H,33,35)(H,32,34,36). The van der Waals surface area contributed by atoms with Crippen LogP contribution in [0.3, 0.4) is 0 Å². The molecule has 2 heterocycles. The van der Waals surface area contributed by atoms with E-state index < -0.39 is 23.5 Å². The van der Waals surface area contributed by atoms with Crippen molar-refractivity contribution in [3.63, 3.8) is 0 Å². The van der Waals surface area contributed by atoms with Gasteiger partial charge in [-0.1, -0.05) is 17.7 Å². The third kappa shape index (κ3) is 9.73. The topological polar surface area (TPSA) is 132 Å². The molecule has 40 heavy (non-hydrogen) atoms. The van der Waals surface area contributed by atoms with Crippen molar-refractivity contribution in [1.82, 2.24) is 15.3 Å². The van der Waals surface area contributed by atoms with E-state index in [1.165, 1.54) is 12.4 Å². The van der Waals surface area contributed by atoms with Crippen molar-refractivity contribution in [2.45, 2.75) is 38.5 Å². The first kappa shape index (κ1) is 30.7. The van der Waals surface area contributed by atoms with E-state index >= 15 is 0 Å². The molecule has 0 atom stereocenters. The molecule has 0 unspecified atom stereocenters. The number of thioether (sulfide) groups is 1. The maximum atomic E-state index is 13.3. The number of benzene rings is 1. The monoisotopic (exact) mass is 585 g/mol. The molecule has 0 saturated carbocycles. The van der Waals surface area contributed by atoms with E-state index in [1.807, 2.05) is 18.4 Å². The van der Waals surface area contributed by atoms with Crippen molar-refractivity contribution >= 4 is 52.8 Å². The summed E-state index contributed by atoms with van der Waals surface area (Å²) in [6, 6.07) is 11.7. The number of amides is 3. The highest BCUT2D eigenvalue weighted by Crippen LogP contribution is 2.25. The van der Waals surface area contributed by atoms with Gasteiger partial charge in [-0.3, -0.25) is 9.59 Å². The Labute approximate surface area is 242 Å². The Morgan fingerprint density at radius 2 is 1.82 bits per heavy atom. The molecule has 3 N–H and O–H groups in total. The van der Waals surface area contributed by atoms with Gasteiger partial charge in [0, 0.05) is 24.7 Å². The van der Waals surface area contributed by atoms with Gasteiger partial charge in [-0.25, -0.2) is 14.8 Å². The first-order valence-corrected chi connectivity index (χ1v) is 14.2. The minimum Gasteiger partial charge on any atom is -0.493 e. The largest absolute Gasteiger partial charge is 0.493 e. The normalized spacial score (nSPS) is 10.9. The van der Waals surface area contributed by atoms with Crippen LogP contribution in [0, 0.1) is 0 Å². The van der Waals surface area contributed by atoms with Crippen LogP contribution in [0.4, 0.5) is 16.3 Å². The Hall–Kier alpha value is -3.83. The van der Waals surface area contributed by atoms with Crippen LogP contribution in [0.25, 0.3) is 0 Å². The highest BCUT2D eigenvalue weighted by atomic mass is 35.5. The molecule has 212 valence electrons. The summed E-state index contributed by atoms with van der Waals surface area (Å²) in [7, 11) is 0. The lowest BCUT2D eigenvalue weighted by Crippen LogP contribution is -2.33. The molecule has 3 rings (SSSR count). The van der Waals surface area contributed by atoms with Gasteiger partial charge in [-0.2, -0.15) is 11.8 Å². The van der Waals surface area contributed by atoms with Crippen molar-refractivity contribution in [2.75, 3.05) is 30.0 Å². The maximum Gasteiger partial charge on any atom is 0.407 e. The summed E-state index contributed by atoms with van der Waals surface area (Å²) < 4.78 is 11.2. The fourth-order valence-electron chi connectivity index (χ4n) is 3.39. The van der Waals surface area contributed by atoms with E-state index in [1.54, 1.807) is 62.9 Å². The number of halogens is 1. The Morgan fingerprint density at radius 3 is 2.52 bits per heavy atom. The van der Waals surface area contributed by atoms with Gasteiger partial charge < -0.3 is 25.4 Å². The molecule has 10 nitrogen and oxygen atoms in total. The Balaban J connectivity index is 1.69. The van der Waals surface area contributed by atoms with Gasteiger partial charge in [0.15, 0.2) is 5.69 Å². The third-order valence-electron chi connectivity index (χ3n) is 5.09. The van der Waals surface area contributed by atoms with Crippen LogP contribution in [-0.4, -0.2) is 52.9 Å². The van der Waals surface area contributed by atoms with Gasteiger partial charge in [0.2, 0.25) is 0 Å². The molecule has 1 aromatic carbocycles. The molecule has 0 aliphatic heterocycles. The third-order valence-corrected chi connectivity index (χ3v) is 5.93. The number of carbonyl (C=O) groups excluding carboxylic acids is 3. The van der Waals surface area contributed by atoms with E-state index in [-0.39, 0.29) is 18.0 Å². The van der Waals surface area contributed by atoms with Crippen molar-refractivity contribution < 1.29 is 23.9 Å². The van der Waals surface area contributed by atoms with E-state index in [2.05, 4.69) is 25.9 Å². The molecule has 0 spiro atoms. The Morgan fingerprint density at radius 1 is 1.02 bits per heavy atom. The van der Waals surface area contributed by atoms with Crippen LogP contribution in [0.5, 0.6) is 5.75 Å². The lowest BCUT2D eigenvalue weighted by Gasteiger charge is -2.19. The SMILES string of the molecule is CSCc1ccc(C(=O)Nc2cccnc2C(=O)Nc2ccc(Cl)cn2)c(OCCCNC(=O)OC(C)(C)C)c1. The quantitative estimate of drug-likeness (QED) is 0.241. The van der Waals surface area contributed by atoms with E-state index in [0.717, 1.165) is 11.3 Å². The Bertz CT molecular complexity index is 1330. The van der Waals surface area contributed by atoms with Crippen LogP contribution >= 0.6 is 23.4 Å². The average molecular weight is 586 g/mol. The van der Waals surface area contributed by atoms with Crippen molar-refractivity contribution in [3.05, 3.63) is 76.7 Å². The predicted molar refractivity (Wildman–Crippen MR) is 157 cm³/mol. The maximum absolute atomic E-state index is 13.3. The number of ether oxygens (including phenoxy) is 2. The highest BCUT2D eigenvalue weighted by Gasteiger charge is 2.19. The number of hydrogen-bond donors (Lipinski definition) is 3. The molecule has 0 aliphatic rings. The molecule has 0 fully saturated rings. The lowest BCUT2D eigenvalue weighted by molar-refractivity contribution is 0.0525. The van der Waals surface area contributed by atoms with Crippen LogP contribution in [0.15, 0.2) is 54.9 Å². The first-order valence-electron chi connectivity index (χ1n) is 12.5. The summed E-state index contributed by atoms with van der Waals surface area (Å²) in [6.45, 7) is 5.98. The molecule has 3 amide bonds. The van der Waals surface area contributed by atoms with Crippen LogP contribution in [0.2, 0.25) is 5.02 Å². The van der Waals surface area contributed by atoms with Crippen molar-refractivity contribution in [2.24, 2.45) is 0 Å². The van der Waals surface area contributed by atoms with E-state index in [0.29, 0.717) is 35.1 Å². The number of rotatable bonds is 11. The fraction of sp³-hybridized carbons (Fsp3) is 0.321. The zero-order valence-corrected chi connectivity index (χ0v) is 24.3. The molecule has 2 aromatic heterocycles. The van der Waals surface area contributed by atoms with Gasteiger partial charge >= 0.3 is 6.09 Å². The number of hydrogen-bond acceptors (Lipinski definition) is 8. The lowest BCUT2D eigenvalue weighted by atomic mass is 10.1. The Kier molecular flexibility index (Phi) is 11.2. The summed E-state index contributed by atoms with van der Waals surface area (Å²) in [5.74, 6) is 0.406. The number of nitrogens with one attached hydrogen (secondary N) is 3. The van der Waals surface area contributed by atoms with Crippen molar-refractivity contribution in [1.29, 1.82) is 0 Å². The highest BCUT2D eigenvalue weighted by molar-refractivity contribution is 7.97. The average Bonchev–Trinajstić information content (AvgIpc) is 2.89. The predicted octanol–water partition coefficient (Wildman–Crippen LogP) is 5.79. The second kappa shape index (κ2) is 14.5. The smallest absolute Gasteiger partial charge is 0.407 e. The second-order valence-electron chi connectivity index (χ2n) is 9.56. The second-order valence-corrected chi connectivity index (χ2v) is 10.9. The van der Waals surface area contributed by atoms with E-state index in [4.69, 9.17) is 21.1 Å². The van der Waals surface area contributed by atoms with E-state index in [9.17, 15) is 14.4 Å². The summed E-state index contributed by atoms with van der Waals surface area (Å²) in [4.78, 5) is 46.3. The summed E-state index contributed by atoms with van der Waals surface area (Å²) in [5.41, 5.74) is 0.937. The number of aromatic nitrogens is 2. The molecule has 0 saturated heterocycles. The first-order chi connectivity index (χ1) is 19.1. The zero-order chi connectivity index (χ0) is 29.1. The van der Waals surface area contributed by atoms with Gasteiger partial charge in [-0.15, -0.1) is 0 Å². The van der Waals surface area contributed by atoms with Gasteiger partial charge in [0.1, 0.15) is 17.2 Å². The summed E-state index contributed by atoms with van der Waals surface area (Å²) in [6.07, 6.45) is 4.85. The molecular formula is C28H32ClN5O5S. The summed E-state index contributed by atoms with van der Waals surface area (Å²) >= 11 is 7.50. The minimum atomic E-state index is -0.581. The fourth-order valence-corrected chi connectivity index (χ4v) is 4.02. The van der Waals surface area contributed by atoms with Crippen LogP contribution < -0.4 is 20.7 Å². The van der Waals surface area contributed by atoms with Crippen molar-refractivity contribution in [3.8, 4) is 5.75 Å². The summed E-state index contributed by atoms with van der Waals surface area (Å²) in [5, 5.41) is 8.53. The number of carbonyl (C=O) groups is 3. The molecule has 0 aliphatic carbocycles. The molecule has 12 heteroatoms. The number of pyridine rings is 2. The number of alkyl carbamates (subject to hydrolysis) is 1. The zero-order valence-electron chi connectivity index (χ0n) is 22.7. The molecule has 0 radical (unpaired) electrons. The molecular weight excluding hydrogens is 554 g/mol. The molecule has 0 bridgehead atoms. The van der Waals surface area contributed by atoms with Gasteiger partial charge in [-0.05, 0) is 75.4 Å².